The quantitative estimate of drug-likeness (QED) is 0.657. The number of benzene rings is 1. The second-order valence-corrected chi connectivity index (χ2v) is 3.29. The third-order valence-electron chi connectivity index (χ3n) is 1.89. The predicted molar refractivity (Wildman–Crippen MR) is 50.5 cm³/mol. The molecule has 0 spiro atoms. The van der Waals surface area contributed by atoms with E-state index in [4.69, 9.17) is 11.6 Å². The lowest BCUT2D eigenvalue weighted by Gasteiger charge is -2.06. The molecular formula is C10H11ClO. The number of halogens is 1. The Labute approximate surface area is 77.4 Å². The highest BCUT2D eigenvalue weighted by Crippen LogP contribution is 2.19. The van der Waals surface area contributed by atoms with Crippen LogP contribution in [0.3, 0.4) is 0 Å². The average molecular weight is 183 g/mol. The van der Waals surface area contributed by atoms with E-state index in [-0.39, 0.29) is 0 Å². The van der Waals surface area contributed by atoms with Crippen LogP contribution in [-0.2, 0) is 4.79 Å². The molecule has 0 aliphatic rings. The van der Waals surface area contributed by atoms with Crippen molar-refractivity contribution in [1.82, 2.24) is 0 Å². The average Bonchev–Trinajstić information content (AvgIpc) is 2.06. The van der Waals surface area contributed by atoms with Crippen molar-refractivity contribution < 1.29 is 4.79 Å². The van der Waals surface area contributed by atoms with Crippen LogP contribution in [0.15, 0.2) is 24.3 Å². The summed E-state index contributed by atoms with van der Waals surface area (Å²) in [6, 6.07) is 7.60. The molecule has 0 aromatic heterocycles. The Balaban J connectivity index is 2.74. The van der Waals surface area contributed by atoms with E-state index in [2.05, 4.69) is 0 Å². The molecule has 1 rings (SSSR count). The normalized spacial score (nSPS) is 12.5. The third kappa shape index (κ3) is 2.35. The molecule has 0 aliphatic heterocycles. The first-order valence-electron chi connectivity index (χ1n) is 3.93. The fraction of sp³-hybridized carbons (Fsp3) is 0.300. The van der Waals surface area contributed by atoms with Crippen LogP contribution in [0.4, 0.5) is 0 Å². The van der Waals surface area contributed by atoms with Crippen molar-refractivity contribution in [3.63, 3.8) is 0 Å². The first-order valence-corrected chi connectivity index (χ1v) is 4.31. The van der Waals surface area contributed by atoms with E-state index in [1.807, 2.05) is 31.2 Å². The van der Waals surface area contributed by atoms with Gasteiger partial charge in [-0.15, -0.1) is 0 Å². The van der Waals surface area contributed by atoms with E-state index in [0.717, 1.165) is 16.9 Å². The number of aldehydes is 1. The predicted octanol–water partition coefficient (Wildman–Crippen LogP) is 3.03. The van der Waals surface area contributed by atoms with Gasteiger partial charge in [0.05, 0.1) is 0 Å². The minimum atomic E-state index is 0.291. The Morgan fingerprint density at radius 2 is 2.00 bits per heavy atom. The highest BCUT2D eigenvalue weighted by molar-refractivity contribution is 6.30. The second kappa shape index (κ2) is 4.27. The zero-order chi connectivity index (χ0) is 8.97. The molecule has 0 amide bonds. The van der Waals surface area contributed by atoms with Gasteiger partial charge in [-0.25, -0.2) is 0 Å². The van der Waals surface area contributed by atoms with E-state index >= 15 is 0 Å². The van der Waals surface area contributed by atoms with Gasteiger partial charge in [-0.3, -0.25) is 0 Å². The number of carbonyl (C=O) groups excluding carboxylic acids is 1. The molecule has 1 atom stereocenters. The van der Waals surface area contributed by atoms with Crippen LogP contribution in [0.5, 0.6) is 0 Å². The zero-order valence-electron chi connectivity index (χ0n) is 6.96. The summed E-state index contributed by atoms with van der Waals surface area (Å²) < 4.78 is 0. The Morgan fingerprint density at radius 3 is 2.50 bits per heavy atom. The molecule has 0 saturated carbocycles. The molecule has 0 heterocycles. The summed E-state index contributed by atoms with van der Waals surface area (Å²) in [6.45, 7) is 2.03. The molecule has 1 aromatic rings. The van der Waals surface area contributed by atoms with Gasteiger partial charge in [0.25, 0.3) is 0 Å². The molecule has 0 aliphatic carbocycles. The standard InChI is InChI=1S/C10H11ClO/c1-8(6-7-12)9-2-4-10(11)5-3-9/h2-5,7-8H,6H2,1H3/t8-/m1/s1. The Hall–Kier alpha value is -0.820. The fourth-order valence-electron chi connectivity index (χ4n) is 1.07. The molecule has 0 bridgehead atoms. The monoisotopic (exact) mass is 182 g/mol. The van der Waals surface area contributed by atoms with Gasteiger partial charge < -0.3 is 4.79 Å². The summed E-state index contributed by atoms with van der Waals surface area (Å²) in [5.74, 6) is 0.291. The zero-order valence-corrected chi connectivity index (χ0v) is 7.71. The Bertz CT molecular complexity index is 253. The van der Waals surface area contributed by atoms with Gasteiger partial charge >= 0.3 is 0 Å². The molecule has 0 fully saturated rings. The van der Waals surface area contributed by atoms with Gasteiger partial charge in [-0.05, 0) is 23.6 Å². The number of hydrogen-bond acceptors (Lipinski definition) is 1. The lowest BCUT2D eigenvalue weighted by atomic mass is 9.99. The van der Waals surface area contributed by atoms with Gasteiger partial charge in [0.1, 0.15) is 6.29 Å². The van der Waals surface area contributed by atoms with Crippen LogP contribution in [0, 0.1) is 0 Å². The summed E-state index contributed by atoms with van der Waals surface area (Å²) in [5, 5.41) is 0.733. The summed E-state index contributed by atoms with van der Waals surface area (Å²) >= 11 is 5.72. The Kier molecular flexibility index (Phi) is 3.30. The maximum absolute atomic E-state index is 10.2. The van der Waals surface area contributed by atoms with Crippen molar-refractivity contribution in [3.05, 3.63) is 34.9 Å². The highest BCUT2D eigenvalue weighted by Gasteiger charge is 2.03. The molecule has 0 N–H and O–H groups in total. The van der Waals surface area contributed by atoms with Crippen molar-refractivity contribution in [1.29, 1.82) is 0 Å². The summed E-state index contributed by atoms with van der Waals surface area (Å²) in [7, 11) is 0. The van der Waals surface area contributed by atoms with Crippen molar-refractivity contribution >= 4 is 17.9 Å². The first-order chi connectivity index (χ1) is 5.74. The largest absolute Gasteiger partial charge is 0.303 e. The third-order valence-corrected chi connectivity index (χ3v) is 2.14. The van der Waals surface area contributed by atoms with Gasteiger partial charge in [0.15, 0.2) is 0 Å². The minimum absolute atomic E-state index is 0.291. The van der Waals surface area contributed by atoms with Crippen molar-refractivity contribution in [2.75, 3.05) is 0 Å². The summed E-state index contributed by atoms with van der Waals surface area (Å²) in [6.07, 6.45) is 1.51. The van der Waals surface area contributed by atoms with E-state index < -0.39 is 0 Å². The lowest BCUT2D eigenvalue weighted by Crippen LogP contribution is -1.93. The molecule has 1 nitrogen and oxygen atoms in total. The molecule has 12 heavy (non-hydrogen) atoms. The van der Waals surface area contributed by atoms with Crippen LogP contribution in [0.25, 0.3) is 0 Å². The van der Waals surface area contributed by atoms with E-state index in [9.17, 15) is 4.79 Å². The van der Waals surface area contributed by atoms with E-state index in [1.165, 1.54) is 0 Å². The number of hydrogen-bond donors (Lipinski definition) is 0. The van der Waals surface area contributed by atoms with Crippen LogP contribution < -0.4 is 0 Å². The topological polar surface area (TPSA) is 17.1 Å². The van der Waals surface area contributed by atoms with Gasteiger partial charge in [0, 0.05) is 11.4 Å². The maximum atomic E-state index is 10.2. The highest BCUT2D eigenvalue weighted by atomic mass is 35.5. The van der Waals surface area contributed by atoms with Crippen LogP contribution >= 0.6 is 11.6 Å². The smallest absolute Gasteiger partial charge is 0.120 e. The Morgan fingerprint density at radius 1 is 1.42 bits per heavy atom. The number of rotatable bonds is 3. The van der Waals surface area contributed by atoms with Gasteiger partial charge in [0.2, 0.25) is 0 Å². The van der Waals surface area contributed by atoms with Gasteiger partial charge in [-0.2, -0.15) is 0 Å². The van der Waals surface area contributed by atoms with Crippen LogP contribution in [0.2, 0.25) is 5.02 Å². The lowest BCUT2D eigenvalue weighted by molar-refractivity contribution is -0.108. The van der Waals surface area contributed by atoms with Crippen LogP contribution in [-0.4, -0.2) is 6.29 Å². The maximum Gasteiger partial charge on any atom is 0.120 e. The summed E-state index contributed by atoms with van der Waals surface area (Å²) in [4.78, 5) is 10.2. The molecule has 1 aromatic carbocycles. The minimum Gasteiger partial charge on any atom is -0.303 e. The second-order valence-electron chi connectivity index (χ2n) is 2.85. The van der Waals surface area contributed by atoms with Crippen LogP contribution in [0.1, 0.15) is 24.8 Å². The molecular weight excluding hydrogens is 172 g/mol. The molecule has 2 heteroatoms. The first kappa shape index (κ1) is 9.27. The fourth-order valence-corrected chi connectivity index (χ4v) is 1.20. The molecule has 64 valence electrons. The van der Waals surface area contributed by atoms with Crippen molar-refractivity contribution in [2.45, 2.75) is 19.3 Å². The van der Waals surface area contributed by atoms with E-state index in [1.54, 1.807) is 0 Å². The molecule has 0 unspecified atom stereocenters. The molecule has 0 radical (unpaired) electrons. The molecule has 0 saturated heterocycles. The number of carbonyl (C=O) groups is 1. The van der Waals surface area contributed by atoms with E-state index in [0.29, 0.717) is 12.3 Å². The van der Waals surface area contributed by atoms with Crippen molar-refractivity contribution in [2.24, 2.45) is 0 Å². The SMILES string of the molecule is C[C@H](CC=O)c1ccc(Cl)cc1. The summed E-state index contributed by atoms with van der Waals surface area (Å²) in [5.41, 5.74) is 1.16. The van der Waals surface area contributed by atoms with Gasteiger partial charge in [-0.1, -0.05) is 30.7 Å². The van der Waals surface area contributed by atoms with Crippen molar-refractivity contribution in [3.8, 4) is 0 Å².